The maximum Gasteiger partial charge on any atom is 0.220 e. The summed E-state index contributed by atoms with van der Waals surface area (Å²) < 4.78 is 0. The van der Waals surface area contributed by atoms with Gasteiger partial charge in [-0.05, 0) is 48.1 Å². The summed E-state index contributed by atoms with van der Waals surface area (Å²) in [6, 6.07) is 1.96. The third-order valence-electron chi connectivity index (χ3n) is 3.45. The summed E-state index contributed by atoms with van der Waals surface area (Å²) in [6.45, 7) is 2.60. The van der Waals surface area contributed by atoms with Crippen LogP contribution < -0.4 is 5.32 Å². The lowest BCUT2D eigenvalue weighted by Crippen LogP contribution is -2.26. The highest BCUT2D eigenvalue weighted by Gasteiger charge is 2.42. The lowest BCUT2D eigenvalue weighted by Gasteiger charge is -2.12. The molecule has 1 aromatic rings. The van der Waals surface area contributed by atoms with Gasteiger partial charge in [-0.25, -0.2) is 0 Å². The third kappa shape index (κ3) is 3.22. The van der Waals surface area contributed by atoms with Crippen molar-refractivity contribution in [3.05, 3.63) is 29.6 Å². The fourth-order valence-electron chi connectivity index (χ4n) is 1.85. The van der Waals surface area contributed by atoms with Crippen molar-refractivity contribution in [2.24, 2.45) is 5.41 Å². The van der Waals surface area contributed by atoms with Crippen LogP contribution in [0.4, 0.5) is 0 Å². The Bertz CT molecular complexity index is 416. The van der Waals surface area contributed by atoms with Crippen LogP contribution >= 0.6 is 12.6 Å². The highest BCUT2D eigenvalue weighted by molar-refractivity contribution is 7.80. The lowest BCUT2D eigenvalue weighted by molar-refractivity contribution is -0.122. The van der Waals surface area contributed by atoms with Crippen LogP contribution in [0.15, 0.2) is 18.5 Å². The first-order chi connectivity index (χ1) is 8.15. The number of rotatable bonds is 5. The molecule has 17 heavy (non-hydrogen) atoms. The van der Waals surface area contributed by atoms with E-state index in [4.69, 9.17) is 0 Å². The van der Waals surface area contributed by atoms with Crippen LogP contribution in [0.1, 0.15) is 30.4 Å². The average Bonchev–Trinajstić information content (AvgIpc) is 3.08. The van der Waals surface area contributed by atoms with Crippen LogP contribution in [0.25, 0.3) is 0 Å². The number of aromatic nitrogens is 1. The third-order valence-corrected chi connectivity index (χ3v) is 4.12. The number of thiol groups is 1. The maximum atomic E-state index is 11.8. The second-order valence-corrected chi connectivity index (χ2v) is 5.23. The number of aryl methyl sites for hydroxylation is 1. The number of nitrogens with one attached hydrogen (secondary N) is 1. The lowest BCUT2D eigenvalue weighted by atomic mass is 10.0. The van der Waals surface area contributed by atoms with Gasteiger partial charge in [0.2, 0.25) is 5.91 Å². The predicted molar refractivity (Wildman–Crippen MR) is 71.0 cm³/mol. The summed E-state index contributed by atoms with van der Waals surface area (Å²) in [5.74, 6) is 0.937. The van der Waals surface area contributed by atoms with Crippen molar-refractivity contribution >= 4 is 18.5 Å². The number of pyridine rings is 1. The van der Waals surface area contributed by atoms with Gasteiger partial charge in [-0.2, -0.15) is 12.6 Å². The Balaban J connectivity index is 1.82. The van der Waals surface area contributed by atoms with Crippen LogP contribution in [0.3, 0.4) is 0 Å². The summed E-state index contributed by atoms with van der Waals surface area (Å²) in [7, 11) is 0. The van der Waals surface area contributed by atoms with Crippen molar-refractivity contribution in [2.75, 3.05) is 5.75 Å². The molecule has 0 radical (unpaired) electrons. The summed E-state index contributed by atoms with van der Waals surface area (Å²) in [5.41, 5.74) is 2.43. The monoisotopic (exact) mass is 250 g/mol. The van der Waals surface area contributed by atoms with Gasteiger partial charge in [0, 0.05) is 25.4 Å². The standard InChI is InChI=1S/C13H18N2OS/c1-10-2-5-14-7-11(10)8-15-12(16)6-13(9-17)3-4-13/h2,5,7,17H,3-4,6,8-9H2,1H3,(H,15,16). The molecule has 0 saturated heterocycles. The largest absolute Gasteiger partial charge is 0.352 e. The fraction of sp³-hybridized carbons (Fsp3) is 0.538. The minimum atomic E-state index is 0.125. The molecule has 1 amide bonds. The van der Waals surface area contributed by atoms with Crippen molar-refractivity contribution < 1.29 is 4.79 Å². The van der Waals surface area contributed by atoms with Gasteiger partial charge in [-0.1, -0.05) is 0 Å². The fourth-order valence-corrected chi connectivity index (χ4v) is 2.27. The normalized spacial score (nSPS) is 16.6. The van der Waals surface area contributed by atoms with Gasteiger partial charge < -0.3 is 5.32 Å². The van der Waals surface area contributed by atoms with E-state index < -0.39 is 0 Å². The molecular weight excluding hydrogens is 232 g/mol. The zero-order valence-corrected chi connectivity index (χ0v) is 11.0. The molecule has 0 aromatic carbocycles. The molecule has 3 nitrogen and oxygen atoms in total. The van der Waals surface area contributed by atoms with Crippen molar-refractivity contribution in [3.63, 3.8) is 0 Å². The van der Waals surface area contributed by atoms with Gasteiger partial charge in [0.05, 0.1) is 0 Å². The summed E-state index contributed by atoms with van der Waals surface area (Å²) in [6.07, 6.45) is 6.45. The predicted octanol–water partition coefficient (Wildman–Crippen LogP) is 2.11. The van der Waals surface area contributed by atoms with E-state index in [0.29, 0.717) is 13.0 Å². The molecule has 1 heterocycles. The van der Waals surface area contributed by atoms with Crippen LogP contribution in [0.2, 0.25) is 0 Å². The molecule has 0 bridgehead atoms. The van der Waals surface area contributed by atoms with Crippen LogP contribution in [0.5, 0.6) is 0 Å². The number of amides is 1. The highest BCUT2D eigenvalue weighted by Crippen LogP contribution is 2.49. The molecule has 2 rings (SSSR count). The average molecular weight is 250 g/mol. The number of carbonyl (C=O) groups is 1. The maximum absolute atomic E-state index is 11.8. The molecule has 1 N–H and O–H groups in total. The molecule has 1 aliphatic carbocycles. The smallest absolute Gasteiger partial charge is 0.220 e. The van der Waals surface area contributed by atoms with Crippen molar-refractivity contribution in [3.8, 4) is 0 Å². The van der Waals surface area contributed by atoms with E-state index in [0.717, 1.165) is 29.7 Å². The van der Waals surface area contributed by atoms with E-state index in [2.05, 4.69) is 22.9 Å². The molecule has 1 saturated carbocycles. The second kappa shape index (κ2) is 5.08. The van der Waals surface area contributed by atoms with E-state index >= 15 is 0 Å². The number of hydrogen-bond acceptors (Lipinski definition) is 3. The second-order valence-electron chi connectivity index (χ2n) is 4.91. The zero-order chi connectivity index (χ0) is 12.3. The number of hydrogen-bond donors (Lipinski definition) is 2. The Morgan fingerprint density at radius 3 is 2.94 bits per heavy atom. The van der Waals surface area contributed by atoms with Crippen LogP contribution in [-0.2, 0) is 11.3 Å². The topological polar surface area (TPSA) is 42.0 Å². The highest BCUT2D eigenvalue weighted by atomic mass is 32.1. The van der Waals surface area contributed by atoms with Crippen LogP contribution in [0, 0.1) is 12.3 Å². The van der Waals surface area contributed by atoms with Gasteiger partial charge >= 0.3 is 0 Å². The Morgan fingerprint density at radius 2 is 2.35 bits per heavy atom. The Labute approximate surface area is 107 Å². The molecule has 92 valence electrons. The van der Waals surface area contributed by atoms with Crippen molar-refractivity contribution in [2.45, 2.75) is 32.7 Å². The van der Waals surface area contributed by atoms with E-state index in [1.165, 1.54) is 0 Å². The van der Waals surface area contributed by atoms with Gasteiger partial charge in [0.15, 0.2) is 0 Å². The van der Waals surface area contributed by atoms with Crippen molar-refractivity contribution in [1.82, 2.24) is 10.3 Å². The minimum absolute atomic E-state index is 0.125. The molecule has 1 aromatic heterocycles. The zero-order valence-electron chi connectivity index (χ0n) is 10.1. The number of nitrogens with zero attached hydrogens (tertiary/aromatic N) is 1. The molecular formula is C13H18N2OS. The molecule has 0 unspecified atom stereocenters. The SMILES string of the molecule is Cc1ccncc1CNC(=O)CC1(CS)CC1. The summed E-state index contributed by atoms with van der Waals surface area (Å²) in [5, 5.41) is 2.96. The first-order valence-electron chi connectivity index (χ1n) is 5.92. The molecule has 0 aliphatic heterocycles. The Morgan fingerprint density at radius 1 is 1.59 bits per heavy atom. The Hall–Kier alpha value is -1.03. The van der Waals surface area contributed by atoms with E-state index in [1.807, 2.05) is 13.0 Å². The van der Waals surface area contributed by atoms with E-state index in [-0.39, 0.29) is 11.3 Å². The molecule has 0 spiro atoms. The van der Waals surface area contributed by atoms with E-state index in [1.54, 1.807) is 12.4 Å². The minimum Gasteiger partial charge on any atom is -0.352 e. The van der Waals surface area contributed by atoms with Gasteiger partial charge in [0.25, 0.3) is 0 Å². The quantitative estimate of drug-likeness (QED) is 0.786. The molecule has 4 heteroatoms. The van der Waals surface area contributed by atoms with Crippen molar-refractivity contribution in [1.29, 1.82) is 0 Å². The summed E-state index contributed by atoms with van der Waals surface area (Å²) in [4.78, 5) is 15.8. The van der Waals surface area contributed by atoms with Gasteiger partial charge in [-0.15, -0.1) is 0 Å². The van der Waals surface area contributed by atoms with Crippen LogP contribution in [-0.4, -0.2) is 16.6 Å². The van der Waals surface area contributed by atoms with Gasteiger partial charge in [-0.3, -0.25) is 9.78 Å². The Kier molecular flexibility index (Phi) is 3.72. The summed E-state index contributed by atoms with van der Waals surface area (Å²) >= 11 is 4.30. The molecule has 1 aliphatic rings. The van der Waals surface area contributed by atoms with E-state index in [9.17, 15) is 4.79 Å². The first kappa shape index (κ1) is 12.4. The molecule has 0 atom stereocenters. The molecule has 1 fully saturated rings. The number of carbonyl (C=O) groups excluding carboxylic acids is 1. The first-order valence-corrected chi connectivity index (χ1v) is 6.55. The van der Waals surface area contributed by atoms with Gasteiger partial charge in [0.1, 0.15) is 0 Å².